The second-order valence-electron chi connectivity index (χ2n) is 3.11. The summed E-state index contributed by atoms with van der Waals surface area (Å²) in [6.45, 7) is 0. The fourth-order valence-corrected chi connectivity index (χ4v) is 2.85. The minimum atomic E-state index is 0.720. The van der Waals surface area contributed by atoms with E-state index in [9.17, 15) is 0 Å². The topological polar surface area (TPSA) is 38.9 Å². The standard InChI is InChI=1S/C11H12N2S2/c12-9-3-4-11(13-8-9)15-7-5-10-2-1-6-14-10/h1-4,6,8H,5,7,12H2. The number of aryl methyl sites for hydroxylation is 1. The van der Waals surface area contributed by atoms with Gasteiger partial charge in [-0.3, -0.25) is 0 Å². The van der Waals surface area contributed by atoms with Crippen LogP contribution in [0.15, 0.2) is 40.9 Å². The van der Waals surface area contributed by atoms with Crippen LogP contribution in [0.4, 0.5) is 5.69 Å². The van der Waals surface area contributed by atoms with Crippen LogP contribution in [0, 0.1) is 0 Å². The number of thiophene rings is 1. The number of pyridine rings is 1. The molecule has 0 amide bonds. The minimum absolute atomic E-state index is 0.720. The smallest absolute Gasteiger partial charge is 0.0961 e. The number of hydrogen-bond acceptors (Lipinski definition) is 4. The highest BCUT2D eigenvalue weighted by atomic mass is 32.2. The molecule has 4 heteroatoms. The van der Waals surface area contributed by atoms with Crippen LogP contribution in [0.2, 0.25) is 0 Å². The fraction of sp³-hybridized carbons (Fsp3) is 0.182. The summed E-state index contributed by atoms with van der Waals surface area (Å²) in [5.74, 6) is 1.07. The van der Waals surface area contributed by atoms with Gasteiger partial charge >= 0.3 is 0 Å². The van der Waals surface area contributed by atoms with Crippen LogP contribution >= 0.6 is 23.1 Å². The Hall–Kier alpha value is -1.00. The van der Waals surface area contributed by atoms with Gasteiger partial charge in [0.15, 0.2) is 0 Å². The number of nitrogens with zero attached hydrogens (tertiary/aromatic N) is 1. The Morgan fingerprint density at radius 2 is 2.27 bits per heavy atom. The van der Waals surface area contributed by atoms with Crippen LogP contribution in [-0.4, -0.2) is 10.7 Å². The number of rotatable bonds is 4. The molecule has 2 N–H and O–H groups in total. The van der Waals surface area contributed by atoms with Gasteiger partial charge in [-0.05, 0) is 30.0 Å². The molecule has 0 aliphatic carbocycles. The van der Waals surface area contributed by atoms with E-state index < -0.39 is 0 Å². The maximum absolute atomic E-state index is 5.56. The highest BCUT2D eigenvalue weighted by Gasteiger charge is 1.97. The molecule has 0 bridgehead atoms. The number of thioether (sulfide) groups is 1. The molecule has 78 valence electrons. The molecular weight excluding hydrogens is 224 g/mol. The van der Waals surface area contributed by atoms with Crippen molar-refractivity contribution in [2.75, 3.05) is 11.5 Å². The lowest BCUT2D eigenvalue weighted by atomic mass is 10.4. The van der Waals surface area contributed by atoms with Crippen molar-refractivity contribution >= 4 is 28.8 Å². The summed E-state index contributed by atoms with van der Waals surface area (Å²) < 4.78 is 0. The first kappa shape index (κ1) is 10.5. The molecule has 0 aromatic carbocycles. The number of anilines is 1. The van der Waals surface area contributed by atoms with E-state index in [1.54, 1.807) is 29.3 Å². The normalized spacial score (nSPS) is 10.4. The lowest BCUT2D eigenvalue weighted by Crippen LogP contribution is -1.89. The Labute approximate surface area is 97.5 Å². The molecule has 0 fully saturated rings. The number of aromatic nitrogens is 1. The molecule has 0 unspecified atom stereocenters. The van der Waals surface area contributed by atoms with Crippen LogP contribution < -0.4 is 5.73 Å². The van der Waals surface area contributed by atoms with E-state index in [-0.39, 0.29) is 0 Å². The number of hydrogen-bond donors (Lipinski definition) is 1. The molecule has 2 heterocycles. The molecule has 0 aliphatic heterocycles. The monoisotopic (exact) mass is 236 g/mol. The van der Waals surface area contributed by atoms with Crippen LogP contribution in [0.3, 0.4) is 0 Å². The molecular formula is C11H12N2S2. The first-order valence-electron chi connectivity index (χ1n) is 4.71. The number of nitrogens with two attached hydrogens (primary N) is 1. The van der Waals surface area contributed by atoms with Crippen molar-refractivity contribution in [2.24, 2.45) is 0 Å². The molecule has 0 spiro atoms. The molecule has 0 aliphatic rings. The zero-order valence-electron chi connectivity index (χ0n) is 8.22. The van der Waals surface area contributed by atoms with Crippen molar-refractivity contribution in [3.8, 4) is 0 Å². The predicted octanol–water partition coefficient (Wildman–Crippen LogP) is 3.06. The average Bonchev–Trinajstić information content (AvgIpc) is 2.74. The van der Waals surface area contributed by atoms with Crippen molar-refractivity contribution in [1.82, 2.24) is 4.98 Å². The predicted molar refractivity (Wildman–Crippen MR) is 67.4 cm³/mol. The molecule has 2 aromatic rings. The van der Waals surface area contributed by atoms with E-state index >= 15 is 0 Å². The van der Waals surface area contributed by atoms with E-state index in [1.165, 1.54) is 4.88 Å². The minimum Gasteiger partial charge on any atom is -0.397 e. The first-order valence-corrected chi connectivity index (χ1v) is 6.58. The zero-order valence-corrected chi connectivity index (χ0v) is 9.85. The summed E-state index contributed by atoms with van der Waals surface area (Å²) in [6.07, 6.45) is 2.81. The fourth-order valence-electron chi connectivity index (χ4n) is 1.19. The maximum Gasteiger partial charge on any atom is 0.0961 e. The number of nitrogen functional groups attached to an aromatic ring is 1. The van der Waals surface area contributed by atoms with E-state index in [0.29, 0.717) is 0 Å². The van der Waals surface area contributed by atoms with Gasteiger partial charge in [0.1, 0.15) is 0 Å². The second kappa shape index (κ2) is 5.19. The molecule has 0 radical (unpaired) electrons. The lowest BCUT2D eigenvalue weighted by molar-refractivity contribution is 1.12. The SMILES string of the molecule is Nc1ccc(SCCc2cccs2)nc1. The Kier molecular flexibility index (Phi) is 3.64. The summed E-state index contributed by atoms with van der Waals surface area (Å²) in [5.41, 5.74) is 6.28. The molecule has 0 saturated heterocycles. The van der Waals surface area contributed by atoms with Crippen LogP contribution in [0.25, 0.3) is 0 Å². The van der Waals surface area contributed by atoms with Crippen molar-refractivity contribution in [3.05, 3.63) is 40.7 Å². The van der Waals surface area contributed by atoms with Crippen LogP contribution in [0.1, 0.15) is 4.88 Å². The van der Waals surface area contributed by atoms with Crippen molar-refractivity contribution in [2.45, 2.75) is 11.4 Å². The third-order valence-electron chi connectivity index (χ3n) is 1.94. The van der Waals surface area contributed by atoms with Gasteiger partial charge in [0.25, 0.3) is 0 Å². The molecule has 2 nitrogen and oxygen atoms in total. The van der Waals surface area contributed by atoms with Crippen LogP contribution in [-0.2, 0) is 6.42 Å². The Morgan fingerprint density at radius 3 is 2.93 bits per heavy atom. The average molecular weight is 236 g/mol. The van der Waals surface area contributed by atoms with Crippen molar-refractivity contribution in [3.63, 3.8) is 0 Å². The Morgan fingerprint density at radius 1 is 1.33 bits per heavy atom. The van der Waals surface area contributed by atoms with E-state index in [1.807, 2.05) is 12.1 Å². The zero-order chi connectivity index (χ0) is 10.5. The van der Waals surface area contributed by atoms with Gasteiger partial charge in [-0.1, -0.05) is 6.07 Å². The highest BCUT2D eigenvalue weighted by molar-refractivity contribution is 7.99. The molecule has 0 saturated carbocycles. The van der Waals surface area contributed by atoms with E-state index in [0.717, 1.165) is 22.9 Å². The van der Waals surface area contributed by atoms with E-state index in [2.05, 4.69) is 22.5 Å². The van der Waals surface area contributed by atoms with Gasteiger partial charge in [0, 0.05) is 10.6 Å². The summed E-state index contributed by atoms with van der Waals surface area (Å²) in [6, 6.07) is 8.11. The van der Waals surface area contributed by atoms with Gasteiger partial charge in [-0.25, -0.2) is 4.98 Å². The summed E-state index contributed by atoms with van der Waals surface area (Å²) in [7, 11) is 0. The van der Waals surface area contributed by atoms with Gasteiger partial charge in [0.05, 0.1) is 16.9 Å². The molecule has 2 aromatic heterocycles. The molecule has 2 rings (SSSR count). The first-order chi connectivity index (χ1) is 7.34. The molecule has 0 atom stereocenters. The van der Waals surface area contributed by atoms with Crippen molar-refractivity contribution < 1.29 is 0 Å². The second-order valence-corrected chi connectivity index (χ2v) is 5.26. The highest BCUT2D eigenvalue weighted by Crippen LogP contribution is 2.19. The van der Waals surface area contributed by atoms with Crippen LogP contribution in [0.5, 0.6) is 0 Å². The lowest BCUT2D eigenvalue weighted by Gasteiger charge is -1.99. The van der Waals surface area contributed by atoms with E-state index in [4.69, 9.17) is 5.73 Å². The van der Waals surface area contributed by atoms with Crippen molar-refractivity contribution in [1.29, 1.82) is 0 Å². The van der Waals surface area contributed by atoms with Gasteiger partial charge < -0.3 is 5.73 Å². The Bertz CT molecular complexity index is 395. The van der Waals surface area contributed by atoms with Gasteiger partial charge in [0.2, 0.25) is 0 Å². The summed E-state index contributed by atoms with van der Waals surface area (Å²) in [4.78, 5) is 5.67. The third-order valence-corrected chi connectivity index (χ3v) is 3.82. The molecule has 15 heavy (non-hydrogen) atoms. The summed E-state index contributed by atoms with van der Waals surface area (Å²) >= 11 is 3.57. The largest absolute Gasteiger partial charge is 0.397 e. The summed E-state index contributed by atoms with van der Waals surface area (Å²) in [5, 5.41) is 3.15. The quantitative estimate of drug-likeness (QED) is 0.829. The maximum atomic E-state index is 5.56. The Balaban J connectivity index is 1.81. The third kappa shape index (κ3) is 3.25. The van der Waals surface area contributed by atoms with Gasteiger partial charge in [-0.15, -0.1) is 23.1 Å². The van der Waals surface area contributed by atoms with Gasteiger partial charge in [-0.2, -0.15) is 0 Å².